The molecule has 0 fully saturated rings. The van der Waals surface area contributed by atoms with Gasteiger partial charge in [0, 0.05) is 12.1 Å². The summed E-state index contributed by atoms with van der Waals surface area (Å²) in [6, 6.07) is 10.3. The molecule has 2 rings (SSSR count). The molecule has 11 heteroatoms. The number of nitrogens with zero attached hydrogens (tertiary/aromatic N) is 2. The van der Waals surface area contributed by atoms with Crippen LogP contribution >= 0.6 is 0 Å². The Morgan fingerprint density at radius 1 is 1.16 bits per heavy atom. The van der Waals surface area contributed by atoms with Crippen LogP contribution in [0.4, 0.5) is 11.4 Å². The number of rotatable bonds is 10. The lowest BCUT2D eigenvalue weighted by Gasteiger charge is -2.25. The number of nitro benzene ring substituents is 1. The van der Waals surface area contributed by atoms with Crippen LogP contribution in [0.15, 0.2) is 42.5 Å². The van der Waals surface area contributed by atoms with Crippen molar-refractivity contribution in [1.29, 1.82) is 0 Å². The SMILES string of the molecule is CC[C@H](NC(=O)CN(c1cc([N+](=O)[O-])ccc1OC)S(C)(=O)=O)c1ccc(OC)cc1. The predicted octanol–water partition coefficient (Wildman–Crippen LogP) is 2.65. The standard InChI is InChI=1S/C20H25N3O7S/c1-5-17(14-6-9-16(29-2)10-7-14)21-20(24)13-22(31(4,27)28)18-12-15(23(25)26)8-11-19(18)30-3/h6-12,17H,5,13H2,1-4H3,(H,21,24)/t17-/m0/s1. The molecule has 0 aromatic heterocycles. The van der Waals surface area contributed by atoms with Crippen LogP contribution in [0.1, 0.15) is 24.9 Å². The first kappa shape index (κ1) is 23.9. The van der Waals surface area contributed by atoms with E-state index < -0.39 is 27.4 Å². The number of methoxy groups -OCH3 is 2. The maximum Gasteiger partial charge on any atom is 0.271 e. The minimum absolute atomic E-state index is 0.0889. The van der Waals surface area contributed by atoms with Gasteiger partial charge in [-0.05, 0) is 30.2 Å². The van der Waals surface area contributed by atoms with Crippen molar-refractivity contribution in [2.24, 2.45) is 0 Å². The number of non-ortho nitro benzene ring substituents is 1. The Bertz CT molecular complexity index is 1040. The lowest BCUT2D eigenvalue weighted by Crippen LogP contribution is -2.41. The molecular formula is C20H25N3O7S. The smallest absolute Gasteiger partial charge is 0.271 e. The van der Waals surface area contributed by atoms with E-state index in [4.69, 9.17) is 9.47 Å². The highest BCUT2D eigenvalue weighted by molar-refractivity contribution is 7.92. The Kier molecular flexibility index (Phi) is 7.81. The number of ether oxygens (including phenoxy) is 2. The third-order valence-corrected chi connectivity index (χ3v) is 5.72. The van der Waals surface area contributed by atoms with Gasteiger partial charge in [-0.15, -0.1) is 0 Å². The van der Waals surface area contributed by atoms with Crippen molar-refractivity contribution >= 4 is 27.3 Å². The lowest BCUT2D eigenvalue weighted by atomic mass is 10.0. The monoisotopic (exact) mass is 451 g/mol. The first-order valence-corrected chi connectivity index (χ1v) is 11.2. The maximum absolute atomic E-state index is 12.7. The van der Waals surface area contributed by atoms with Crippen molar-refractivity contribution in [1.82, 2.24) is 5.32 Å². The van der Waals surface area contributed by atoms with E-state index in [1.807, 2.05) is 19.1 Å². The average molecular weight is 452 g/mol. The van der Waals surface area contributed by atoms with Gasteiger partial charge in [-0.25, -0.2) is 8.42 Å². The predicted molar refractivity (Wildman–Crippen MR) is 116 cm³/mol. The second-order valence-electron chi connectivity index (χ2n) is 6.68. The number of carbonyl (C=O) groups is 1. The Morgan fingerprint density at radius 2 is 1.81 bits per heavy atom. The average Bonchev–Trinajstić information content (AvgIpc) is 2.74. The molecule has 0 saturated carbocycles. The van der Waals surface area contributed by atoms with Gasteiger partial charge in [-0.3, -0.25) is 19.2 Å². The van der Waals surface area contributed by atoms with Crippen molar-refractivity contribution in [2.45, 2.75) is 19.4 Å². The van der Waals surface area contributed by atoms with E-state index in [0.29, 0.717) is 12.2 Å². The summed E-state index contributed by atoms with van der Waals surface area (Å²) in [5.74, 6) is 0.193. The fourth-order valence-electron chi connectivity index (χ4n) is 3.00. The Balaban J connectivity index is 2.31. The van der Waals surface area contributed by atoms with Gasteiger partial charge >= 0.3 is 0 Å². The summed E-state index contributed by atoms with van der Waals surface area (Å²) >= 11 is 0. The quantitative estimate of drug-likeness (QED) is 0.434. The molecule has 0 spiro atoms. The Labute approximate surface area is 181 Å². The van der Waals surface area contributed by atoms with Crippen LogP contribution in [0.25, 0.3) is 0 Å². The summed E-state index contributed by atoms with van der Waals surface area (Å²) in [7, 11) is -1.09. The molecule has 1 amide bonds. The maximum atomic E-state index is 12.7. The van der Waals surface area contributed by atoms with Gasteiger partial charge in [0.25, 0.3) is 5.69 Å². The summed E-state index contributed by atoms with van der Waals surface area (Å²) in [5.41, 5.74) is 0.414. The molecule has 2 aromatic rings. The number of carbonyl (C=O) groups excluding carboxylic acids is 1. The number of anilines is 1. The van der Waals surface area contributed by atoms with Crippen molar-refractivity contribution in [3.63, 3.8) is 0 Å². The number of sulfonamides is 1. The van der Waals surface area contributed by atoms with Gasteiger partial charge in [0.1, 0.15) is 23.7 Å². The third kappa shape index (κ3) is 6.07. The van der Waals surface area contributed by atoms with Crippen molar-refractivity contribution in [3.8, 4) is 11.5 Å². The number of nitro groups is 1. The molecule has 31 heavy (non-hydrogen) atoms. The molecule has 0 aliphatic rings. The minimum atomic E-state index is -3.95. The van der Waals surface area contributed by atoms with Crippen LogP contribution in [0.2, 0.25) is 0 Å². The Hall–Kier alpha value is -3.34. The summed E-state index contributed by atoms with van der Waals surface area (Å²) in [5, 5.41) is 13.9. The molecule has 0 heterocycles. The normalized spacial score (nSPS) is 12.0. The molecule has 168 valence electrons. The summed E-state index contributed by atoms with van der Waals surface area (Å²) in [6.45, 7) is 1.32. The largest absolute Gasteiger partial charge is 0.497 e. The molecule has 0 saturated heterocycles. The number of nitrogens with one attached hydrogen (secondary N) is 1. The highest BCUT2D eigenvalue weighted by Crippen LogP contribution is 2.33. The fourth-order valence-corrected chi connectivity index (χ4v) is 3.85. The van der Waals surface area contributed by atoms with Crippen LogP contribution in [0.5, 0.6) is 11.5 Å². The molecular weight excluding hydrogens is 426 g/mol. The zero-order valence-corrected chi connectivity index (χ0v) is 18.5. The van der Waals surface area contributed by atoms with Gasteiger partial charge in [-0.2, -0.15) is 0 Å². The number of amides is 1. The van der Waals surface area contributed by atoms with E-state index in [2.05, 4.69) is 5.32 Å². The van der Waals surface area contributed by atoms with Crippen LogP contribution in [-0.4, -0.2) is 46.3 Å². The van der Waals surface area contributed by atoms with E-state index in [1.165, 1.54) is 19.2 Å². The summed E-state index contributed by atoms with van der Waals surface area (Å²) in [4.78, 5) is 23.2. The molecule has 0 unspecified atom stereocenters. The second kappa shape index (κ2) is 10.1. The van der Waals surface area contributed by atoms with Crippen molar-refractivity contribution in [3.05, 3.63) is 58.1 Å². The van der Waals surface area contributed by atoms with E-state index in [0.717, 1.165) is 22.2 Å². The number of hydrogen-bond donors (Lipinski definition) is 1. The van der Waals surface area contributed by atoms with Crippen molar-refractivity contribution in [2.75, 3.05) is 31.3 Å². The molecule has 0 aliphatic heterocycles. The second-order valence-corrected chi connectivity index (χ2v) is 8.59. The van der Waals surface area contributed by atoms with Crippen LogP contribution in [0, 0.1) is 10.1 Å². The zero-order valence-electron chi connectivity index (χ0n) is 17.7. The first-order chi connectivity index (χ1) is 14.6. The highest BCUT2D eigenvalue weighted by atomic mass is 32.2. The molecule has 0 radical (unpaired) electrons. The zero-order chi connectivity index (χ0) is 23.2. The summed E-state index contributed by atoms with van der Waals surface area (Å²) in [6.07, 6.45) is 1.48. The van der Waals surface area contributed by atoms with Gasteiger partial charge in [0.05, 0.1) is 31.4 Å². The molecule has 1 atom stereocenters. The molecule has 1 N–H and O–H groups in total. The first-order valence-electron chi connectivity index (χ1n) is 9.34. The highest BCUT2D eigenvalue weighted by Gasteiger charge is 2.27. The fraction of sp³-hybridized carbons (Fsp3) is 0.350. The van der Waals surface area contributed by atoms with Crippen LogP contribution in [-0.2, 0) is 14.8 Å². The van der Waals surface area contributed by atoms with Gasteiger partial charge in [0.2, 0.25) is 15.9 Å². The minimum Gasteiger partial charge on any atom is -0.497 e. The molecule has 0 bridgehead atoms. The van der Waals surface area contributed by atoms with E-state index in [1.54, 1.807) is 19.2 Å². The van der Waals surface area contributed by atoms with Crippen LogP contribution in [0.3, 0.4) is 0 Å². The van der Waals surface area contributed by atoms with Gasteiger partial charge < -0.3 is 14.8 Å². The van der Waals surface area contributed by atoms with E-state index in [-0.39, 0.29) is 23.2 Å². The third-order valence-electron chi connectivity index (χ3n) is 4.59. The van der Waals surface area contributed by atoms with Crippen LogP contribution < -0.4 is 19.1 Å². The number of hydrogen-bond acceptors (Lipinski definition) is 7. The topological polar surface area (TPSA) is 128 Å². The van der Waals surface area contributed by atoms with E-state index >= 15 is 0 Å². The molecule has 10 nitrogen and oxygen atoms in total. The van der Waals surface area contributed by atoms with Gasteiger partial charge in [0.15, 0.2) is 0 Å². The molecule has 0 aliphatic carbocycles. The van der Waals surface area contributed by atoms with Gasteiger partial charge in [-0.1, -0.05) is 19.1 Å². The summed E-state index contributed by atoms with van der Waals surface area (Å²) < 4.78 is 35.9. The van der Waals surface area contributed by atoms with E-state index in [9.17, 15) is 23.3 Å². The lowest BCUT2D eigenvalue weighted by molar-refractivity contribution is -0.384. The number of benzene rings is 2. The van der Waals surface area contributed by atoms with Crippen molar-refractivity contribution < 1.29 is 27.6 Å². The Morgan fingerprint density at radius 3 is 2.29 bits per heavy atom. The molecule has 2 aromatic carbocycles.